The van der Waals surface area contributed by atoms with Crippen LogP contribution in [0, 0.1) is 19.8 Å². The summed E-state index contributed by atoms with van der Waals surface area (Å²) in [5, 5.41) is 5.80. The number of methoxy groups -OCH3 is 1. The van der Waals surface area contributed by atoms with Gasteiger partial charge < -0.3 is 25.0 Å². The van der Waals surface area contributed by atoms with Crippen molar-refractivity contribution in [1.29, 1.82) is 0 Å². The zero-order chi connectivity index (χ0) is 30.4. The van der Waals surface area contributed by atoms with Gasteiger partial charge in [-0.1, -0.05) is 49.6 Å². The molecule has 2 rings (SSSR count). The van der Waals surface area contributed by atoms with Crippen molar-refractivity contribution >= 4 is 23.6 Å². The van der Waals surface area contributed by atoms with E-state index in [1.54, 1.807) is 57.0 Å². The molecule has 2 N–H and O–H groups in total. The minimum atomic E-state index is -0.972. The molecule has 40 heavy (non-hydrogen) atoms. The highest BCUT2D eigenvalue weighted by Crippen LogP contribution is 2.33. The lowest BCUT2D eigenvalue weighted by Crippen LogP contribution is -2.59. The van der Waals surface area contributed by atoms with Crippen molar-refractivity contribution in [1.82, 2.24) is 10.2 Å². The fourth-order valence-electron chi connectivity index (χ4n) is 4.58. The molecule has 0 saturated carbocycles. The highest BCUT2D eigenvalue weighted by atomic mass is 16.6. The molecule has 8 nitrogen and oxygen atoms in total. The van der Waals surface area contributed by atoms with Crippen LogP contribution in [0.4, 0.5) is 10.5 Å². The minimum Gasteiger partial charge on any atom is -0.497 e. The first-order valence-electron chi connectivity index (χ1n) is 13.8. The van der Waals surface area contributed by atoms with Crippen LogP contribution >= 0.6 is 0 Å². The molecule has 3 atom stereocenters. The SMILES string of the molecule is CCC(C)C(NC(=O)OC(C)(C)C)C(=O)N(C(C(=O)Nc1ccc(OC)cc1)c1cc(C)cc(C)c1)C(C)(C)C. The van der Waals surface area contributed by atoms with Gasteiger partial charge in [0.1, 0.15) is 23.4 Å². The second-order valence-corrected chi connectivity index (χ2v) is 12.4. The summed E-state index contributed by atoms with van der Waals surface area (Å²) in [6.07, 6.45) is -0.0400. The van der Waals surface area contributed by atoms with E-state index in [0.29, 0.717) is 23.4 Å². The first-order chi connectivity index (χ1) is 18.5. The smallest absolute Gasteiger partial charge is 0.408 e. The van der Waals surface area contributed by atoms with Crippen LogP contribution in [0.3, 0.4) is 0 Å². The summed E-state index contributed by atoms with van der Waals surface area (Å²) < 4.78 is 10.7. The van der Waals surface area contributed by atoms with Gasteiger partial charge in [0.05, 0.1) is 7.11 Å². The van der Waals surface area contributed by atoms with Crippen LogP contribution in [-0.2, 0) is 14.3 Å². The molecule has 0 aromatic heterocycles. The molecule has 0 heterocycles. The number of carbonyl (C=O) groups excluding carboxylic acids is 3. The number of hydrogen-bond donors (Lipinski definition) is 2. The molecule has 3 unspecified atom stereocenters. The number of nitrogens with zero attached hydrogens (tertiary/aromatic N) is 1. The lowest BCUT2D eigenvalue weighted by atomic mass is 9.90. The molecule has 2 aromatic carbocycles. The predicted octanol–water partition coefficient (Wildman–Crippen LogP) is 6.56. The van der Waals surface area contributed by atoms with Gasteiger partial charge in [-0.05, 0) is 91.1 Å². The summed E-state index contributed by atoms with van der Waals surface area (Å²) >= 11 is 0. The highest BCUT2D eigenvalue weighted by Gasteiger charge is 2.43. The summed E-state index contributed by atoms with van der Waals surface area (Å²) in [5.74, 6) is -0.269. The fraction of sp³-hybridized carbons (Fsp3) is 0.531. The third-order valence-corrected chi connectivity index (χ3v) is 6.54. The van der Waals surface area contributed by atoms with Crippen molar-refractivity contribution in [3.8, 4) is 5.75 Å². The van der Waals surface area contributed by atoms with Crippen molar-refractivity contribution in [3.05, 3.63) is 59.2 Å². The second kappa shape index (κ2) is 13.2. The molecule has 0 bridgehead atoms. The molecule has 2 aromatic rings. The predicted molar refractivity (Wildman–Crippen MR) is 159 cm³/mol. The molecular weight excluding hydrogens is 506 g/mol. The maximum absolute atomic E-state index is 14.5. The third-order valence-electron chi connectivity index (χ3n) is 6.54. The number of rotatable bonds is 9. The Balaban J connectivity index is 2.64. The number of carbonyl (C=O) groups is 3. The first kappa shape index (κ1) is 32.7. The minimum absolute atomic E-state index is 0.214. The van der Waals surface area contributed by atoms with Crippen molar-refractivity contribution in [2.45, 2.75) is 98.9 Å². The number of alkyl carbamates (subject to hydrolysis) is 1. The van der Waals surface area contributed by atoms with E-state index < -0.39 is 29.3 Å². The molecule has 0 aliphatic rings. The Hall–Kier alpha value is -3.55. The van der Waals surface area contributed by atoms with Gasteiger partial charge >= 0.3 is 6.09 Å². The molecule has 0 radical (unpaired) electrons. The second-order valence-electron chi connectivity index (χ2n) is 12.4. The summed E-state index contributed by atoms with van der Waals surface area (Å²) in [6.45, 7) is 18.8. The zero-order valence-corrected chi connectivity index (χ0v) is 26.0. The fourth-order valence-corrected chi connectivity index (χ4v) is 4.58. The largest absolute Gasteiger partial charge is 0.497 e. The number of nitrogens with one attached hydrogen (secondary N) is 2. The van der Waals surface area contributed by atoms with E-state index in [1.807, 2.05) is 66.7 Å². The van der Waals surface area contributed by atoms with Crippen LogP contribution in [-0.4, -0.2) is 47.1 Å². The average molecular weight is 554 g/mol. The highest BCUT2D eigenvalue weighted by molar-refractivity contribution is 5.99. The van der Waals surface area contributed by atoms with E-state index in [4.69, 9.17) is 9.47 Å². The molecular formula is C32H47N3O5. The van der Waals surface area contributed by atoms with Crippen LogP contribution in [0.5, 0.6) is 5.75 Å². The average Bonchev–Trinajstić information content (AvgIpc) is 2.82. The molecule has 0 spiro atoms. The molecule has 0 saturated heterocycles. The van der Waals surface area contributed by atoms with E-state index in [1.165, 1.54) is 0 Å². The molecule has 3 amide bonds. The number of anilines is 1. The molecule has 220 valence electrons. The Kier molecular flexibility index (Phi) is 10.8. The quantitative estimate of drug-likeness (QED) is 0.367. The van der Waals surface area contributed by atoms with Gasteiger partial charge in [-0.15, -0.1) is 0 Å². The van der Waals surface area contributed by atoms with Gasteiger partial charge in [-0.25, -0.2) is 4.79 Å². The van der Waals surface area contributed by atoms with Gasteiger partial charge in [0.2, 0.25) is 5.91 Å². The summed E-state index contributed by atoms with van der Waals surface area (Å²) in [7, 11) is 1.58. The monoisotopic (exact) mass is 553 g/mol. The first-order valence-corrected chi connectivity index (χ1v) is 13.8. The number of benzene rings is 2. The lowest BCUT2D eigenvalue weighted by molar-refractivity contribution is -0.147. The van der Waals surface area contributed by atoms with Crippen LogP contribution in [0.2, 0.25) is 0 Å². The van der Waals surface area contributed by atoms with Gasteiger partial charge in [-0.2, -0.15) is 0 Å². The molecule has 0 aliphatic heterocycles. The summed E-state index contributed by atoms with van der Waals surface area (Å²) in [5.41, 5.74) is 1.71. The number of aryl methyl sites for hydroxylation is 2. The lowest BCUT2D eigenvalue weighted by Gasteiger charge is -2.44. The van der Waals surface area contributed by atoms with Gasteiger partial charge in [-0.3, -0.25) is 9.59 Å². The molecule has 0 aliphatic carbocycles. The number of ether oxygens (including phenoxy) is 2. The topological polar surface area (TPSA) is 97.0 Å². The Bertz CT molecular complexity index is 1160. The maximum atomic E-state index is 14.5. The van der Waals surface area contributed by atoms with Gasteiger partial charge in [0.15, 0.2) is 0 Å². The Morgan fingerprint density at radius 2 is 1.48 bits per heavy atom. The number of amides is 3. The van der Waals surface area contributed by atoms with E-state index >= 15 is 0 Å². The third kappa shape index (κ3) is 9.00. The standard InChI is InChI=1S/C32H47N3O5/c1-12-22(4)26(34-30(38)40-32(8,9)10)29(37)35(31(5,6)7)27(23-18-20(2)17-21(3)19-23)28(36)33-24-13-15-25(39-11)16-14-24/h13-19,22,26-27H,12H2,1-11H3,(H,33,36)(H,34,38). The summed E-state index contributed by atoms with van der Waals surface area (Å²) in [6, 6.07) is 11.0. The van der Waals surface area contributed by atoms with Crippen molar-refractivity contribution in [2.75, 3.05) is 12.4 Å². The van der Waals surface area contributed by atoms with E-state index in [0.717, 1.165) is 11.1 Å². The van der Waals surface area contributed by atoms with Crippen LogP contribution in [0.15, 0.2) is 42.5 Å². The Labute approximate surface area is 239 Å². The zero-order valence-electron chi connectivity index (χ0n) is 26.0. The van der Waals surface area contributed by atoms with E-state index in [-0.39, 0.29) is 17.7 Å². The van der Waals surface area contributed by atoms with E-state index in [9.17, 15) is 14.4 Å². The van der Waals surface area contributed by atoms with E-state index in [2.05, 4.69) is 10.6 Å². The van der Waals surface area contributed by atoms with Crippen molar-refractivity contribution in [2.24, 2.45) is 5.92 Å². The van der Waals surface area contributed by atoms with Crippen LogP contribution in [0.1, 0.15) is 84.5 Å². The van der Waals surface area contributed by atoms with Crippen molar-refractivity contribution in [3.63, 3.8) is 0 Å². The van der Waals surface area contributed by atoms with Gasteiger partial charge in [0.25, 0.3) is 5.91 Å². The van der Waals surface area contributed by atoms with Crippen molar-refractivity contribution < 1.29 is 23.9 Å². The van der Waals surface area contributed by atoms with Gasteiger partial charge in [0, 0.05) is 11.2 Å². The Morgan fingerprint density at radius 3 is 1.93 bits per heavy atom. The van der Waals surface area contributed by atoms with Crippen LogP contribution < -0.4 is 15.4 Å². The normalized spacial score (nSPS) is 14.0. The maximum Gasteiger partial charge on any atom is 0.408 e. The molecule has 0 fully saturated rings. The molecule has 8 heteroatoms. The number of hydrogen-bond acceptors (Lipinski definition) is 5. The summed E-state index contributed by atoms with van der Waals surface area (Å²) in [4.78, 5) is 43.0. The Morgan fingerprint density at radius 1 is 0.925 bits per heavy atom. The van der Waals surface area contributed by atoms with Crippen LogP contribution in [0.25, 0.3) is 0 Å².